The molecular formula is C17H26FN3O3. The number of carbonyl (C=O) groups excluding carboxylic acids is 2. The number of halogens is 1. The zero-order valence-electron chi connectivity index (χ0n) is 14.7. The number of rotatable bonds is 9. The SMILES string of the molecule is COCCN(CC(=O)NC(C)c1ccc(F)cc1)CC(=O)N(C)C. The highest BCUT2D eigenvalue weighted by Crippen LogP contribution is 2.12. The minimum atomic E-state index is -0.315. The molecule has 24 heavy (non-hydrogen) atoms. The molecule has 2 amide bonds. The highest BCUT2D eigenvalue weighted by Gasteiger charge is 2.17. The van der Waals surface area contributed by atoms with Gasteiger partial charge in [-0.05, 0) is 24.6 Å². The third-order valence-corrected chi connectivity index (χ3v) is 3.58. The monoisotopic (exact) mass is 339 g/mol. The van der Waals surface area contributed by atoms with Gasteiger partial charge in [-0.2, -0.15) is 0 Å². The Bertz CT molecular complexity index is 534. The van der Waals surface area contributed by atoms with E-state index >= 15 is 0 Å². The molecule has 7 heteroatoms. The topological polar surface area (TPSA) is 61.9 Å². The van der Waals surface area contributed by atoms with Crippen LogP contribution in [0.3, 0.4) is 0 Å². The number of nitrogens with one attached hydrogen (secondary N) is 1. The summed E-state index contributed by atoms with van der Waals surface area (Å²) < 4.78 is 18.0. The van der Waals surface area contributed by atoms with E-state index in [1.165, 1.54) is 17.0 Å². The number of hydrogen-bond donors (Lipinski definition) is 1. The molecular weight excluding hydrogens is 313 g/mol. The molecule has 1 atom stereocenters. The van der Waals surface area contributed by atoms with Crippen LogP contribution in [-0.4, -0.2) is 69.1 Å². The molecule has 134 valence electrons. The Hall–Kier alpha value is -1.99. The molecule has 0 spiro atoms. The third-order valence-electron chi connectivity index (χ3n) is 3.58. The van der Waals surface area contributed by atoms with Crippen molar-refractivity contribution < 1.29 is 18.7 Å². The molecule has 0 fully saturated rings. The predicted molar refractivity (Wildman–Crippen MR) is 90.0 cm³/mol. The van der Waals surface area contributed by atoms with E-state index in [0.717, 1.165) is 5.56 Å². The zero-order valence-corrected chi connectivity index (χ0v) is 14.7. The van der Waals surface area contributed by atoms with Crippen LogP contribution < -0.4 is 5.32 Å². The minimum Gasteiger partial charge on any atom is -0.383 e. The maximum Gasteiger partial charge on any atom is 0.236 e. The number of hydrogen-bond acceptors (Lipinski definition) is 4. The number of carbonyl (C=O) groups is 2. The Morgan fingerprint density at radius 2 is 1.83 bits per heavy atom. The van der Waals surface area contributed by atoms with Gasteiger partial charge in [0, 0.05) is 27.7 Å². The van der Waals surface area contributed by atoms with Gasteiger partial charge in [0.25, 0.3) is 0 Å². The van der Waals surface area contributed by atoms with Crippen LogP contribution in [0.4, 0.5) is 4.39 Å². The van der Waals surface area contributed by atoms with Crippen molar-refractivity contribution in [2.45, 2.75) is 13.0 Å². The molecule has 0 bridgehead atoms. The molecule has 1 aromatic rings. The first-order valence-electron chi connectivity index (χ1n) is 7.79. The van der Waals surface area contributed by atoms with Gasteiger partial charge in [0.05, 0.1) is 25.7 Å². The van der Waals surface area contributed by atoms with Gasteiger partial charge in [0.15, 0.2) is 0 Å². The van der Waals surface area contributed by atoms with Gasteiger partial charge in [-0.3, -0.25) is 14.5 Å². The van der Waals surface area contributed by atoms with Crippen LogP contribution in [0.5, 0.6) is 0 Å². The first-order chi connectivity index (χ1) is 11.3. The summed E-state index contributed by atoms with van der Waals surface area (Å²) in [7, 11) is 4.92. The van der Waals surface area contributed by atoms with Crippen molar-refractivity contribution in [2.24, 2.45) is 0 Å². The van der Waals surface area contributed by atoms with Crippen LogP contribution in [0, 0.1) is 5.82 Å². The highest BCUT2D eigenvalue weighted by atomic mass is 19.1. The zero-order chi connectivity index (χ0) is 18.1. The Balaban J connectivity index is 2.59. The smallest absolute Gasteiger partial charge is 0.236 e. The molecule has 0 aromatic heterocycles. The van der Waals surface area contributed by atoms with Crippen LogP contribution in [-0.2, 0) is 14.3 Å². The van der Waals surface area contributed by atoms with Gasteiger partial charge in [0.2, 0.25) is 11.8 Å². The first-order valence-corrected chi connectivity index (χ1v) is 7.79. The summed E-state index contributed by atoms with van der Waals surface area (Å²) >= 11 is 0. The summed E-state index contributed by atoms with van der Waals surface area (Å²) in [6, 6.07) is 5.75. The molecule has 0 saturated carbocycles. The molecule has 0 saturated heterocycles. The molecule has 0 aliphatic rings. The van der Waals surface area contributed by atoms with E-state index in [1.807, 2.05) is 6.92 Å². The molecule has 1 aromatic carbocycles. The molecule has 0 radical (unpaired) electrons. The normalized spacial score (nSPS) is 12.1. The van der Waals surface area contributed by atoms with Crippen molar-refractivity contribution in [1.29, 1.82) is 0 Å². The van der Waals surface area contributed by atoms with E-state index in [-0.39, 0.29) is 36.8 Å². The average molecular weight is 339 g/mol. The van der Waals surface area contributed by atoms with Crippen molar-refractivity contribution >= 4 is 11.8 Å². The van der Waals surface area contributed by atoms with Gasteiger partial charge in [-0.1, -0.05) is 12.1 Å². The summed E-state index contributed by atoms with van der Waals surface area (Å²) in [4.78, 5) is 27.3. The van der Waals surface area contributed by atoms with E-state index in [4.69, 9.17) is 4.74 Å². The van der Waals surface area contributed by atoms with E-state index in [0.29, 0.717) is 13.2 Å². The molecule has 0 aliphatic carbocycles. The van der Waals surface area contributed by atoms with E-state index in [1.54, 1.807) is 38.2 Å². The van der Waals surface area contributed by atoms with Crippen molar-refractivity contribution in [3.8, 4) is 0 Å². The lowest BCUT2D eigenvalue weighted by Gasteiger charge is -2.23. The third kappa shape index (κ3) is 7.06. The lowest BCUT2D eigenvalue weighted by molar-refractivity contribution is -0.131. The summed E-state index contributed by atoms with van der Waals surface area (Å²) in [6.45, 7) is 2.98. The summed E-state index contributed by atoms with van der Waals surface area (Å²) in [5.74, 6) is -0.592. The fraction of sp³-hybridized carbons (Fsp3) is 0.529. The van der Waals surface area contributed by atoms with Crippen molar-refractivity contribution in [3.05, 3.63) is 35.6 Å². The van der Waals surface area contributed by atoms with E-state index in [2.05, 4.69) is 5.32 Å². The van der Waals surface area contributed by atoms with E-state index < -0.39 is 0 Å². The fourth-order valence-electron chi connectivity index (χ4n) is 2.09. The van der Waals surface area contributed by atoms with Gasteiger partial charge in [-0.15, -0.1) is 0 Å². The number of likely N-dealkylation sites (N-methyl/N-ethyl adjacent to an activating group) is 1. The second-order valence-electron chi connectivity index (χ2n) is 5.83. The Morgan fingerprint density at radius 3 is 2.38 bits per heavy atom. The lowest BCUT2D eigenvalue weighted by Crippen LogP contribution is -2.44. The van der Waals surface area contributed by atoms with Crippen molar-refractivity contribution in [3.63, 3.8) is 0 Å². The van der Waals surface area contributed by atoms with Gasteiger partial charge in [0.1, 0.15) is 5.82 Å². The number of amides is 2. The Morgan fingerprint density at radius 1 is 1.21 bits per heavy atom. The summed E-state index contributed by atoms with van der Waals surface area (Å²) in [6.07, 6.45) is 0. The average Bonchev–Trinajstić information content (AvgIpc) is 2.52. The van der Waals surface area contributed by atoms with Crippen molar-refractivity contribution in [2.75, 3.05) is 47.4 Å². The largest absolute Gasteiger partial charge is 0.383 e. The van der Waals surface area contributed by atoms with Gasteiger partial charge >= 0.3 is 0 Å². The number of nitrogens with zero attached hydrogens (tertiary/aromatic N) is 2. The maximum absolute atomic E-state index is 12.9. The lowest BCUT2D eigenvalue weighted by atomic mass is 10.1. The van der Waals surface area contributed by atoms with Crippen molar-refractivity contribution in [1.82, 2.24) is 15.1 Å². The van der Waals surface area contributed by atoms with Crippen LogP contribution in [0.15, 0.2) is 24.3 Å². The second kappa shape index (κ2) is 10.00. The molecule has 6 nitrogen and oxygen atoms in total. The molecule has 1 N–H and O–H groups in total. The van der Waals surface area contributed by atoms with Crippen LogP contribution in [0.2, 0.25) is 0 Å². The van der Waals surface area contributed by atoms with Crippen LogP contribution >= 0.6 is 0 Å². The number of methoxy groups -OCH3 is 1. The van der Waals surface area contributed by atoms with Crippen LogP contribution in [0.1, 0.15) is 18.5 Å². The van der Waals surface area contributed by atoms with Gasteiger partial charge in [-0.25, -0.2) is 4.39 Å². The second-order valence-corrected chi connectivity index (χ2v) is 5.83. The molecule has 1 unspecified atom stereocenters. The fourth-order valence-corrected chi connectivity index (χ4v) is 2.09. The molecule has 1 rings (SSSR count). The predicted octanol–water partition coefficient (Wildman–Crippen LogP) is 1.04. The Labute approximate surface area is 142 Å². The molecule has 0 heterocycles. The Kier molecular flexibility index (Phi) is 8.35. The maximum atomic E-state index is 12.9. The summed E-state index contributed by atoms with van der Waals surface area (Å²) in [5, 5.41) is 2.86. The first kappa shape index (κ1) is 20.1. The molecule has 0 aliphatic heterocycles. The summed E-state index contributed by atoms with van der Waals surface area (Å²) in [5.41, 5.74) is 0.817. The number of benzene rings is 1. The standard InChI is InChI=1S/C17H26FN3O3/c1-13(14-5-7-15(18)8-6-14)19-16(22)11-21(9-10-24-4)12-17(23)20(2)3/h5-8,13H,9-12H2,1-4H3,(H,19,22). The van der Waals surface area contributed by atoms with E-state index in [9.17, 15) is 14.0 Å². The van der Waals surface area contributed by atoms with Crippen LogP contribution in [0.25, 0.3) is 0 Å². The quantitative estimate of drug-likeness (QED) is 0.730. The highest BCUT2D eigenvalue weighted by molar-refractivity contribution is 5.81. The number of ether oxygens (including phenoxy) is 1. The minimum absolute atomic E-state index is 0.0783. The van der Waals surface area contributed by atoms with Gasteiger partial charge < -0.3 is 15.0 Å².